The molecule has 0 aliphatic rings. The molecular weight excluding hydrogens is 176 g/mol. The highest BCUT2D eigenvalue weighted by Crippen LogP contribution is 2.09. The molecule has 0 aromatic rings. The van der Waals surface area contributed by atoms with E-state index in [1.54, 1.807) is 18.2 Å². The predicted molar refractivity (Wildman–Crippen MR) is 58.6 cm³/mol. The Hall–Kier alpha value is -1.04. The summed E-state index contributed by atoms with van der Waals surface area (Å²) in [6.07, 6.45) is 4.90. The third-order valence-electron chi connectivity index (χ3n) is 1.32. The van der Waals surface area contributed by atoms with Crippen LogP contribution in [0.5, 0.6) is 0 Å². The van der Waals surface area contributed by atoms with Crippen LogP contribution < -0.4 is 0 Å². The zero-order valence-corrected chi connectivity index (χ0v) is 9.04. The van der Waals surface area contributed by atoms with Gasteiger partial charge in [0.25, 0.3) is 0 Å². The molecule has 0 amide bonds. The second-order valence-corrected chi connectivity index (χ2v) is 3.98. The standard InChI is InChI=1S/C12H18O2/c1-12(2,3)8-4-6-11(10-14)7-5-9-13/h5-7,13-14H,9-10H2,1-3H3. The molecule has 0 unspecified atom stereocenters. The van der Waals surface area contributed by atoms with E-state index >= 15 is 0 Å². The van der Waals surface area contributed by atoms with Crippen molar-refractivity contribution in [1.82, 2.24) is 0 Å². The second-order valence-electron chi connectivity index (χ2n) is 3.98. The normalized spacial score (nSPS) is 12.8. The molecule has 0 fully saturated rings. The summed E-state index contributed by atoms with van der Waals surface area (Å²) in [7, 11) is 0. The molecule has 0 aromatic carbocycles. The Morgan fingerprint density at radius 1 is 1.29 bits per heavy atom. The average Bonchev–Trinajstić information content (AvgIpc) is 2.09. The van der Waals surface area contributed by atoms with E-state index in [0.717, 1.165) is 0 Å². The molecule has 2 nitrogen and oxygen atoms in total. The van der Waals surface area contributed by atoms with Gasteiger partial charge in [0.1, 0.15) is 0 Å². The molecule has 78 valence electrons. The fourth-order valence-corrected chi connectivity index (χ4v) is 0.696. The molecule has 2 heteroatoms. The minimum atomic E-state index is -0.0602. The van der Waals surface area contributed by atoms with Crippen LogP contribution in [-0.4, -0.2) is 23.4 Å². The average molecular weight is 194 g/mol. The van der Waals surface area contributed by atoms with E-state index in [2.05, 4.69) is 11.8 Å². The van der Waals surface area contributed by atoms with Gasteiger partial charge >= 0.3 is 0 Å². The first-order valence-electron chi connectivity index (χ1n) is 4.59. The van der Waals surface area contributed by atoms with E-state index in [1.807, 2.05) is 20.8 Å². The lowest BCUT2D eigenvalue weighted by Crippen LogP contribution is -1.98. The van der Waals surface area contributed by atoms with Gasteiger partial charge in [-0.2, -0.15) is 0 Å². The van der Waals surface area contributed by atoms with Crippen molar-refractivity contribution in [3.05, 3.63) is 23.8 Å². The van der Waals surface area contributed by atoms with Crippen LogP contribution in [0.15, 0.2) is 23.8 Å². The van der Waals surface area contributed by atoms with E-state index < -0.39 is 0 Å². The molecule has 0 aliphatic heterocycles. The Bertz CT molecular complexity index is 269. The molecule has 0 aliphatic carbocycles. The smallest absolute Gasteiger partial charge is 0.0687 e. The number of aliphatic hydroxyl groups is 2. The minimum Gasteiger partial charge on any atom is -0.392 e. The van der Waals surface area contributed by atoms with Crippen molar-refractivity contribution in [3.8, 4) is 11.8 Å². The van der Waals surface area contributed by atoms with Gasteiger partial charge in [-0.3, -0.25) is 0 Å². The van der Waals surface area contributed by atoms with Crippen LogP contribution in [0, 0.1) is 17.3 Å². The topological polar surface area (TPSA) is 40.5 Å². The summed E-state index contributed by atoms with van der Waals surface area (Å²) in [6, 6.07) is 0. The molecule has 2 N–H and O–H groups in total. The van der Waals surface area contributed by atoms with Crippen molar-refractivity contribution < 1.29 is 10.2 Å². The molecule has 0 rings (SSSR count). The maximum atomic E-state index is 8.91. The molecule has 14 heavy (non-hydrogen) atoms. The van der Waals surface area contributed by atoms with Crippen molar-refractivity contribution in [2.24, 2.45) is 5.41 Å². The highest BCUT2D eigenvalue weighted by atomic mass is 16.3. The summed E-state index contributed by atoms with van der Waals surface area (Å²) in [5.41, 5.74) is 0.674. The summed E-state index contributed by atoms with van der Waals surface area (Å²) in [4.78, 5) is 0. The number of allylic oxidation sites excluding steroid dienone is 1. The van der Waals surface area contributed by atoms with Crippen LogP contribution in [0.2, 0.25) is 0 Å². The van der Waals surface area contributed by atoms with Crippen molar-refractivity contribution in [1.29, 1.82) is 0 Å². The molecule has 0 saturated heterocycles. The summed E-state index contributed by atoms with van der Waals surface area (Å²) >= 11 is 0. The van der Waals surface area contributed by atoms with E-state index in [0.29, 0.717) is 5.57 Å². The Kier molecular flexibility index (Phi) is 5.94. The van der Waals surface area contributed by atoms with Crippen LogP contribution in [0.25, 0.3) is 0 Å². The van der Waals surface area contributed by atoms with E-state index in [4.69, 9.17) is 10.2 Å². The van der Waals surface area contributed by atoms with Gasteiger partial charge in [-0.25, -0.2) is 0 Å². The zero-order valence-electron chi connectivity index (χ0n) is 9.04. The van der Waals surface area contributed by atoms with Crippen molar-refractivity contribution in [3.63, 3.8) is 0 Å². The first-order valence-corrected chi connectivity index (χ1v) is 4.59. The molecule has 0 saturated carbocycles. The zero-order chi connectivity index (χ0) is 11.0. The largest absolute Gasteiger partial charge is 0.392 e. The Morgan fingerprint density at radius 3 is 2.36 bits per heavy atom. The minimum absolute atomic E-state index is 0.0238. The monoisotopic (exact) mass is 194 g/mol. The molecule has 0 atom stereocenters. The first-order chi connectivity index (χ1) is 6.49. The number of hydrogen-bond donors (Lipinski definition) is 2. The van der Waals surface area contributed by atoms with Crippen molar-refractivity contribution >= 4 is 0 Å². The molecule has 0 heterocycles. The van der Waals surface area contributed by atoms with Crippen molar-refractivity contribution in [2.45, 2.75) is 20.8 Å². The number of rotatable bonds is 3. The van der Waals surface area contributed by atoms with E-state index in [9.17, 15) is 0 Å². The van der Waals surface area contributed by atoms with Gasteiger partial charge in [-0.15, -0.1) is 0 Å². The SMILES string of the molecule is CC(C)(C)C#CC=C(C=CCO)CO. The van der Waals surface area contributed by atoms with E-state index in [1.165, 1.54) is 0 Å². The fourth-order valence-electron chi connectivity index (χ4n) is 0.696. The number of hydrogen-bond acceptors (Lipinski definition) is 2. The lowest BCUT2D eigenvalue weighted by molar-refractivity contribution is 0.333. The third-order valence-corrected chi connectivity index (χ3v) is 1.32. The van der Waals surface area contributed by atoms with Crippen LogP contribution >= 0.6 is 0 Å². The molecule has 0 aromatic heterocycles. The lowest BCUT2D eigenvalue weighted by Gasteiger charge is -2.06. The fraction of sp³-hybridized carbons (Fsp3) is 0.500. The summed E-state index contributed by atoms with van der Waals surface area (Å²) in [6.45, 7) is 5.99. The van der Waals surface area contributed by atoms with Gasteiger partial charge in [0, 0.05) is 5.41 Å². The van der Waals surface area contributed by atoms with E-state index in [-0.39, 0.29) is 18.6 Å². The third kappa shape index (κ3) is 7.60. The molecular formula is C12H18O2. The van der Waals surface area contributed by atoms with Gasteiger partial charge in [0.15, 0.2) is 0 Å². The van der Waals surface area contributed by atoms with Crippen LogP contribution in [-0.2, 0) is 0 Å². The highest BCUT2D eigenvalue weighted by molar-refractivity contribution is 5.30. The first kappa shape index (κ1) is 13.0. The van der Waals surface area contributed by atoms with Crippen LogP contribution in [0.4, 0.5) is 0 Å². The number of aliphatic hydroxyl groups excluding tert-OH is 2. The Balaban J connectivity index is 4.44. The maximum absolute atomic E-state index is 8.91. The lowest BCUT2D eigenvalue weighted by atomic mass is 9.98. The molecule has 0 radical (unpaired) electrons. The van der Waals surface area contributed by atoms with Gasteiger partial charge in [0.2, 0.25) is 0 Å². The highest BCUT2D eigenvalue weighted by Gasteiger charge is 2.02. The summed E-state index contributed by atoms with van der Waals surface area (Å²) < 4.78 is 0. The summed E-state index contributed by atoms with van der Waals surface area (Å²) in [5.74, 6) is 5.91. The van der Waals surface area contributed by atoms with Crippen LogP contribution in [0.3, 0.4) is 0 Å². The quantitative estimate of drug-likeness (QED) is 0.528. The van der Waals surface area contributed by atoms with Gasteiger partial charge < -0.3 is 10.2 Å². The Labute approximate surface area is 86.0 Å². The predicted octanol–water partition coefficient (Wildman–Crippen LogP) is 1.50. The van der Waals surface area contributed by atoms with Gasteiger partial charge in [-0.05, 0) is 32.4 Å². The van der Waals surface area contributed by atoms with Gasteiger partial charge in [-0.1, -0.05) is 24.0 Å². The summed E-state index contributed by atoms with van der Waals surface area (Å²) in [5, 5.41) is 17.4. The van der Waals surface area contributed by atoms with Gasteiger partial charge in [0.05, 0.1) is 13.2 Å². The second kappa shape index (κ2) is 6.42. The van der Waals surface area contributed by atoms with Crippen LogP contribution in [0.1, 0.15) is 20.8 Å². The molecule has 0 bridgehead atoms. The Morgan fingerprint density at radius 2 is 1.93 bits per heavy atom. The molecule has 0 spiro atoms. The van der Waals surface area contributed by atoms with Crippen molar-refractivity contribution in [2.75, 3.05) is 13.2 Å². The maximum Gasteiger partial charge on any atom is 0.0687 e.